The molecule has 1 aromatic carbocycles. The zero-order valence-electron chi connectivity index (χ0n) is 12.2. The van der Waals surface area contributed by atoms with Crippen LogP contribution in [0.1, 0.15) is 24.8 Å². The van der Waals surface area contributed by atoms with Gasteiger partial charge in [0.05, 0.1) is 7.11 Å². The van der Waals surface area contributed by atoms with Crippen LogP contribution in [-0.2, 0) is 11.3 Å². The number of nitrogens with one attached hydrogen (secondary N) is 1. The van der Waals surface area contributed by atoms with Crippen molar-refractivity contribution in [1.29, 1.82) is 0 Å². The summed E-state index contributed by atoms with van der Waals surface area (Å²) in [5, 5.41) is 13.5. The molecule has 1 amide bonds. The second-order valence-corrected chi connectivity index (χ2v) is 4.82. The van der Waals surface area contributed by atoms with Gasteiger partial charge >= 0.3 is 0 Å². The van der Waals surface area contributed by atoms with E-state index in [1.807, 2.05) is 24.3 Å². The van der Waals surface area contributed by atoms with E-state index in [4.69, 9.17) is 4.74 Å². The smallest absolute Gasteiger partial charge is 0.241 e. The summed E-state index contributed by atoms with van der Waals surface area (Å²) in [5.41, 5.74) is 1.23. The fourth-order valence-electron chi connectivity index (χ4n) is 1.98. The summed E-state index contributed by atoms with van der Waals surface area (Å²) in [6.45, 7) is 2.90. The SMILES string of the molecule is COc1ccc([C@@H](C)CCNC(=O)Cn2cnnn2)cc1. The Morgan fingerprint density at radius 2 is 2.14 bits per heavy atom. The first-order chi connectivity index (χ1) is 10.2. The number of benzene rings is 1. The van der Waals surface area contributed by atoms with Crippen LogP contribution in [0.25, 0.3) is 0 Å². The topological polar surface area (TPSA) is 81.9 Å². The Hall–Kier alpha value is -2.44. The monoisotopic (exact) mass is 289 g/mol. The number of ether oxygens (including phenoxy) is 1. The minimum Gasteiger partial charge on any atom is -0.497 e. The Morgan fingerprint density at radius 1 is 1.38 bits per heavy atom. The molecule has 1 N–H and O–H groups in total. The molecule has 0 aliphatic carbocycles. The fourth-order valence-corrected chi connectivity index (χ4v) is 1.98. The molecule has 7 heteroatoms. The summed E-state index contributed by atoms with van der Waals surface area (Å²) in [4.78, 5) is 11.7. The van der Waals surface area contributed by atoms with Crippen molar-refractivity contribution >= 4 is 5.91 Å². The Balaban J connectivity index is 1.73. The minimum absolute atomic E-state index is 0.0933. The van der Waals surface area contributed by atoms with Gasteiger partial charge in [0.2, 0.25) is 5.91 Å². The molecule has 2 rings (SSSR count). The maximum absolute atomic E-state index is 11.7. The van der Waals surface area contributed by atoms with Gasteiger partial charge in [-0.05, 0) is 40.5 Å². The molecule has 0 bridgehead atoms. The van der Waals surface area contributed by atoms with Crippen LogP contribution in [0, 0.1) is 0 Å². The lowest BCUT2D eigenvalue weighted by Crippen LogP contribution is -2.29. The number of amides is 1. The number of aromatic nitrogens is 4. The first-order valence-corrected chi connectivity index (χ1v) is 6.80. The molecular weight excluding hydrogens is 270 g/mol. The maximum atomic E-state index is 11.7. The van der Waals surface area contributed by atoms with Gasteiger partial charge in [0.1, 0.15) is 18.6 Å². The quantitative estimate of drug-likeness (QED) is 0.822. The number of hydrogen-bond acceptors (Lipinski definition) is 5. The molecule has 0 aliphatic heterocycles. The van der Waals surface area contributed by atoms with Gasteiger partial charge in [-0.3, -0.25) is 4.79 Å². The molecule has 0 saturated carbocycles. The Bertz CT molecular complexity index is 553. The molecule has 1 aromatic heterocycles. The molecule has 0 unspecified atom stereocenters. The summed E-state index contributed by atoms with van der Waals surface area (Å²) in [6.07, 6.45) is 2.28. The Labute approximate surface area is 123 Å². The minimum atomic E-state index is -0.0933. The number of carbonyl (C=O) groups is 1. The Morgan fingerprint density at radius 3 is 2.76 bits per heavy atom. The van der Waals surface area contributed by atoms with Gasteiger partial charge in [0.25, 0.3) is 0 Å². The zero-order valence-corrected chi connectivity index (χ0v) is 12.2. The zero-order chi connectivity index (χ0) is 15.1. The molecule has 0 saturated heterocycles. The van der Waals surface area contributed by atoms with E-state index in [9.17, 15) is 4.79 Å². The first kappa shape index (κ1) is 15.0. The second-order valence-electron chi connectivity index (χ2n) is 4.82. The van der Waals surface area contributed by atoms with Crippen molar-refractivity contribution in [3.8, 4) is 5.75 Å². The van der Waals surface area contributed by atoms with Gasteiger partial charge in [-0.1, -0.05) is 19.1 Å². The summed E-state index contributed by atoms with van der Waals surface area (Å²) in [6, 6.07) is 7.99. The number of hydrogen-bond donors (Lipinski definition) is 1. The van der Waals surface area contributed by atoms with Crippen LogP contribution < -0.4 is 10.1 Å². The van der Waals surface area contributed by atoms with E-state index in [1.165, 1.54) is 16.6 Å². The third kappa shape index (κ3) is 4.55. The molecule has 2 aromatic rings. The Kier molecular flexibility index (Phi) is 5.25. The van der Waals surface area contributed by atoms with Gasteiger partial charge < -0.3 is 10.1 Å². The fraction of sp³-hybridized carbons (Fsp3) is 0.429. The van der Waals surface area contributed by atoms with E-state index in [0.29, 0.717) is 12.5 Å². The molecule has 0 aliphatic rings. The first-order valence-electron chi connectivity index (χ1n) is 6.80. The van der Waals surface area contributed by atoms with Gasteiger partial charge in [0.15, 0.2) is 0 Å². The standard InChI is InChI=1S/C14H19N5O2/c1-11(12-3-5-13(21-2)6-4-12)7-8-15-14(20)9-19-10-16-17-18-19/h3-6,10-11H,7-9H2,1-2H3,(H,15,20)/t11-/m0/s1. The second kappa shape index (κ2) is 7.37. The van der Waals surface area contributed by atoms with E-state index in [-0.39, 0.29) is 12.5 Å². The molecule has 0 fully saturated rings. The van der Waals surface area contributed by atoms with Gasteiger partial charge in [-0.15, -0.1) is 5.10 Å². The normalized spacial score (nSPS) is 11.9. The van der Waals surface area contributed by atoms with E-state index in [2.05, 4.69) is 27.8 Å². The lowest BCUT2D eigenvalue weighted by atomic mass is 9.98. The molecular formula is C14H19N5O2. The summed E-state index contributed by atoms with van der Waals surface area (Å²) in [7, 11) is 1.65. The van der Waals surface area contributed by atoms with E-state index in [1.54, 1.807) is 7.11 Å². The molecule has 0 spiro atoms. The highest BCUT2D eigenvalue weighted by Gasteiger charge is 2.08. The third-order valence-electron chi connectivity index (χ3n) is 3.28. The van der Waals surface area contributed by atoms with Crippen molar-refractivity contribution in [1.82, 2.24) is 25.5 Å². The van der Waals surface area contributed by atoms with Crippen LogP contribution in [0.15, 0.2) is 30.6 Å². The average Bonchev–Trinajstić information content (AvgIpc) is 3.00. The van der Waals surface area contributed by atoms with Crippen LogP contribution in [-0.4, -0.2) is 39.8 Å². The van der Waals surface area contributed by atoms with Crippen molar-refractivity contribution in [2.24, 2.45) is 0 Å². The van der Waals surface area contributed by atoms with Gasteiger partial charge in [-0.2, -0.15) is 0 Å². The van der Waals surface area contributed by atoms with Gasteiger partial charge in [-0.25, -0.2) is 4.68 Å². The van der Waals surface area contributed by atoms with Crippen molar-refractivity contribution in [2.45, 2.75) is 25.8 Å². The predicted octanol–water partition coefficient (Wildman–Crippen LogP) is 0.992. The number of nitrogens with zero attached hydrogens (tertiary/aromatic N) is 4. The predicted molar refractivity (Wildman–Crippen MR) is 76.9 cm³/mol. The van der Waals surface area contributed by atoms with Crippen LogP contribution in [0.3, 0.4) is 0 Å². The lowest BCUT2D eigenvalue weighted by molar-refractivity contribution is -0.121. The number of methoxy groups -OCH3 is 1. The molecule has 7 nitrogen and oxygen atoms in total. The van der Waals surface area contributed by atoms with Crippen LogP contribution in [0.5, 0.6) is 5.75 Å². The number of rotatable bonds is 7. The van der Waals surface area contributed by atoms with Gasteiger partial charge in [0, 0.05) is 6.54 Å². The van der Waals surface area contributed by atoms with Crippen molar-refractivity contribution in [3.05, 3.63) is 36.2 Å². The van der Waals surface area contributed by atoms with Crippen LogP contribution in [0.4, 0.5) is 0 Å². The highest BCUT2D eigenvalue weighted by atomic mass is 16.5. The molecule has 21 heavy (non-hydrogen) atoms. The van der Waals surface area contributed by atoms with E-state index >= 15 is 0 Å². The number of tetrazole rings is 1. The summed E-state index contributed by atoms with van der Waals surface area (Å²) >= 11 is 0. The van der Waals surface area contributed by atoms with E-state index in [0.717, 1.165) is 12.2 Å². The molecule has 1 atom stereocenters. The molecule has 0 radical (unpaired) electrons. The van der Waals surface area contributed by atoms with Crippen molar-refractivity contribution < 1.29 is 9.53 Å². The van der Waals surface area contributed by atoms with Crippen molar-refractivity contribution in [2.75, 3.05) is 13.7 Å². The summed E-state index contributed by atoms with van der Waals surface area (Å²) < 4.78 is 6.53. The van der Waals surface area contributed by atoms with Crippen molar-refractivity contribution in [3.63, 3.8) is 0 Å². The van der Waals surface area contributed by atoms with Crippen LogP contribution >= 0.6 is 0 Å². The lowest BCUT2D eigenvalue weighted by Gasteiger charge is -2.13. The average molecular weight is 289 g/mol. The van der Waals surface area contributed by atoms with E-state index < -0.39 is 0 Å². The van der Waals surface area contributed by atoms with Crippen LogP contribution in [0.2, 0.25) is 0 Å². The maximum Gasteiger partial charge on any atom is 0.241 e. The highest BCUT2D eigenvalue weighted by molar-refractivity contribution is 5.75. The number of carbonyl (C=O) groups excluding carboxylic acids is 1. The third-order valence-corrected chi connectivity index (χ3v) is 3.28. The summed E-state index contributed by atoms with van der Waals surface area (Å²) in [5.74, 6) is 1.12. The largest absolute Gasteiger partial charge is 0.497 e. The highest BCUT2D eigenvalue weighted by Crippen LogP contribution is 2.21. The molecule has 112 valence electrons. The molecule has 1 heterocycles.